The molecule has 0 saturated heterocycles. The fourth-order valence-corrected chi connectivity index (χ4v) is 3.73. The Balaban J connectivity index is 3.03. The smallest absolute Gasteiger partial charge is 0.326 e. The second kappa shape index (κ2) is 16.3. The van der Waals surface area contributed by atoms with Crippen molar-refractivity contribution in [2.75, 3.05) is 12.3 Å². The Bertz CT molecular complexity index is 970. The standard InChI is InChI=1S/C24H39N7O6S/c1-13(2)10-16(25)20(33)31-19(12-38)22(35)30-18(11-14-5-7-15(32)8-6-14)21(34)29-17(23(36)37)4-3-9-28-24(26)27/h5-8,13,16-19,32,38H,3-4,9-12,25H2,1-2H3,(H,29,34)(H,30,35)(H,31,33)(H,36,37)(H4,26,27,28). The van der Waals surface area contributed by atoms with Crippen molar-refractivity contribution >= 4 is 42.3 Å². The maximum Gasteiger partial charge on any atom is 0.326 e. The second-order valence-corrected chi connectivity index (χ2v) is 9.62. The minimum absolute atomic E-state index is 0.0149. The van der Waals surface area contributed by atoms with Gasteiger partial charge in [-0.3, -0.25) is 19.4 Å². The number of nitrogens with one attached hydrogen (secondary N) is 3. The van der Waals surface area contributed by atoms with E-state index in [1.165, 1.54) is 12.1 Å². The molecule has 1 aromatic carbocycles. The number of carbonyl (C=O) groups excluding carboxylic acids is 3. The topological polar surface area (TPSA) is 235 Å². The molecule has 0 bridgehead atoms. The summed E-state index contributed by atoms with van der Waals surface area (Å²) in [5.74, 6) is -3.25. The first-order valence-corrected chi connectivity index (χ1v) is 12.8. The van der Waals surface area contributed by atoms with Crippen LogP contribution in [-0.2, 0) is 25.6 Å². The van der Waals surface area contributed by atoms with Crippen molar-refractivity contribution in [1.82, 2.24) is 16.0 Å². The molecule has 14 heteroatoms. The third-order valence-electron chi connectivity index (χ3n) is 5.45. The van der Waals surface area contributed by atoms with E-state index < -0.39 is 47.9 Å². The zero-order valence-electron chi connectivity index (χ0n) is 21.6. The average Bonchev–Trinajstić information content (AvgIpc) is 2.84. The van der Waals surface area contributed by atoms with E-state index in [9.17, 15) is 29.4 Å². The molecule has 0 aromatic heterocycles. The maximum absolute atomic E-state index is 13.1. The van der Waals surface area contributed by atoms with Gasteiger partial charge in [-0.1, -0.05) is 26.0 Å². The van der Waals surface area contributed by atoms with Crippen molar-refractivity contribution in [3.05, 3.63) is 29.8 Å². The van der Waals surface area contributed by atoms with Crippen molar-refractivity contribution in [3.8, 4) is 5.75 Å². The minimum Gasteiger partial charge on any atom is -0.508 e. The molecule has 13 nitrogen and oxygen atoms in total. The van der Waals surface area contributed by atoms with Crippen molar-refractivity contribution < 1.29 is 29.4 Å². The molecule has 11 N–H and O–H groups in total. The minimum atomic E-state index is -1.27. The van der Waals surface area contributed by atoms with Crippen LogP contribution in [0.5, 0.6) is 5.75 Å². The third-order valence-corrected chi connectivity index (χ3v) is 5.81. The number of amides is 3. The molecule has 0 aliphatic rings. The van der Waals surface area contributed by atoms with Gasteiger partial charge in [-0.15, -0.1) is 0 Å². The van der Waals surface area contributed by atoms with Crippen LogP contribution in [0.1, 0.15) is 38.7 Å². The number of guanidine groups is 1. The summed E-state index contributed by atoms with van der Waals surface area (Å²) in [5.41, 5.74) is 17.0. The SMILES string of the molecule is CC(C)CC(N)C(=O)NC(CS)C(=O)NC(Cc1ccc(O)cc1)C(=O)NC(CCCN=C(N)N)C(=O)O. The van der Waals surface area contributed by atoms with Crippen LogP contribution in [0.15, 0.2) is 29.3 Å². The van der Waals surface area contributed by atoms with E-state index in [2.05, 4.69) is 33.6 Å². The summed E-state index contributed by atoms with van der Waals surface area (Å²) in [7, 11) is 0. The first-order chi connectivity index (χ1) is 17.8. The second-order valence-electron chi connectivity index (χ2n) is 9.26. The Hall–Kier alpha value is -3.52. The van der Waals surface area contributed by atoms with Gasteiger partial charge in [-0.2, -0.15) is 12.6 Å². The Kier molecular flexibility index (Phi) is 14.0. The number of carboxylic acids is 1. The number of aliphatic carboxylic acids is 1. The number of aliphatic imine (C=N–C) groups is 1. The van der Waals surface area contributed by atoms with E-state index in [0.717, 1.165) is 0 Å². The Labute approximate surface area is 227 Å². The number of benzene rings is 1. The monoisotopic (exact) mass is 553 g/mol. The van der Waals surface area contributed by atoms with Gasteiger partial charge in [0.2, 0.25) is 17.7 Å². The molecule has 3 amide bonds. The summed E-state index contributed by atoms with van der Waals surface area (Å²) in [4.78, 5) is 54.1. The van der Waals surface area contributed by atoms with Crippen LogP contribution in [0.25, 0.3) is 0 Å². The quantitative estimate of drug-likeness (QED) is 0.0518. The lowest BCUT2D eigenvalue weighted by atomic mass is 10.0. The molecule has 0 aliphatic carbocycles. The molecule has 0 spiro atoms. The number of carboxylic acid groups (broad SMARTS) is 1. The highest BCUT2D eigenvalue weighted by Gasteiger charge is 2.30. The van der Waals surface area contributed by atoms with Gasteiger partial charge >= 0.3 is 5.97 Å². The fourth-order valence-electron chi connectivity index (χ4n) is 3.47. The number of rotatable bonds is 16. The van der Waals surface area contributed by atoms with E-state index in [0.29, 0.717) is 12.0 Å². The van der Waals surface area contributed by atoms with Crippen LogP contribution in [0.3, 0.4) is 0 Å². The Morgan fingerprint density at radius 2 is 1.50 bits per heavy atom. The fraction of sp³-hybridized carbons (Fsp3) is 0.542. The van der Waals surface area contributed by atoms with Gasteiger partial charge in [0, 0.05) is 18.7 Å². The lowest BCUT2D eigenvalue weighted by Crippen LogP contribution is -2.58. The molecule has 0 heterocycles. The first kappa shape index (κ1) is 32.5. The van der Waals surface area contributed by atoms with Gasteiger partial charge in [-0.05, 0) is 42.9 Å². The summed E-state index contributed by atoms with van der Waals surface area (Å²) < 4.78 is 0. The number of carbonyl (C=O) groups is 4. The molecule has 38 heavy (non-hydrogen) atoms. The maximum atomic E-state index is 13.1. The van der Waals surface area contributed by atoms with Crippen LogP contribution >= 0.6 is 12.6 Å². The summed E-state index contributed by atoms with van der Waals surface area (Å²) in [6.07, 6.45) is 0.728. The number of phenolic OH excluding ortho intramolecular Hbond substituents is 1. The number of aromatic hydroxyl groups is 1. The van der Waals surface area contributed by atoms with Gasteiger partial charge in [0.1, 0.15) is 23.9 Å². The highest BCUT2D eigenvalue weighted by Crippen LogP contribution is 2.12. The van der Waals surface area contributed by atoms with E-state index in [-0.39, 0.29) is 49.2 Å². The molecular weight excluding hydrogens is 514 g/mol. The molecule has 0 fully saturated rings. The number of phenols is 1. The van der Waals surface area contributed by atoms with Crippen molar-refractivity contribution in [1.29, 1.82) is 0 Å². The molecule has 0 radical (unpaired) electrons. The van der Waals surface area contributed by atoms with Gasteiger partial charge in [0.25, 0.3) is 0 Å². The van der Waals surface area contributed by atoms with Gasteiger partial charge in [-0.25, -0.2) is 4.79 Å². The molecular formula is C24H39N7O6S. The van der Waals surface area contributed by atoms with Crippen molar-refractivity contribution in [2.24, 2.45) is 28.1 Å². The molecule has 4 unspecified atom stereocenters. The molecule has 0 aliphatic heterocycles. The van der Waals surface area contributed by atoms with Gasteiger partial charge in [0.15, 0.2) is 5.96 Å². The van der Waals surface area contributed by atoms with Crippen LogP contribution in [-0.4, -0.2) is 76.3 Å². The van der Waals surface area contributed by atoms with E-state index in [4.69, 9.17) is 17.2 Å². The lowest BCUT2D eigenvalue weighted by Gasteiger charge is -2.25. The van der Waals surface area contributed by atoms with E-state index in [1.54, 1.807) is 12.1 Å². The highest BCUT2D eigenvalue weighted by atomic mass is 32.1. The number of thiol groups is 1. The van der Waals surface area contributed by atoms with Crippen LogP contribution in [0.2, 0.25) is 0 Å². The van der Waals surface area contributed by atoms with Crippen LogP contribution in [0.4, 0.5) is 0 Å². The number of nitrogens with zero attached hydrogens (tertiary/aromatic N) is 1. The summed E-state index contributed by atoms with van der Waals surface area (Å²) >= 11 is 4.15. The number of nitrogens with two attached hydrogens (primary N) is 3. The molecule has 212 valence electrons. The average molecular weight is 554 g/mol. The lowest BCUT2D eigenvalue weighted by molar-refractivity contribution is -0.142. The normalized spacial score (nSPS) is 14.0. The van der Waals surface area contributed by atoms with Gasteiger partial charge in [0.05, 0.1) is 6.04 Å². The molecule has 4 atom stereocenters. The molecule has 1 aromatic rings. The predicted molar refractivity (Wildman–Crippen MR) is 146 cm³/mol. The Morgan fingerprint density at radius 1 is 0.947 bits per heavy atom. The Morgan fingerprint density at radius 3 is 2.03 bits per heavy atom. The highest BCUT2D eigenvalue weighted by molar-refractivity contribution is 7.80. The van der Waals surface area contributed by atoms with Crippen LogP contribution in [0, 0.1) is 5.92 Å². The number of hydrogen-bond acceptors (Lipinski definition) is 8. The third kappa shape index (κ3) is 12.1. The number of hydrogen-bond donors (Lipinski definition) is 9. The van der Waals surface area contributed by atoms with Crippen molar-refractivity contribution in [2.45, 2.75) is 63.7 Å². The van der Waals surface area contributed by atoms with E-state index >= 15 is 0 Å². The molecule has 0 saturated carbocycles. The van der Waals surface area contributed by atoms with Crippen molar-refractivity contribution in [3.63, 3.8) is 0 Å². The summed E-state index contributed by atoms with van der Waals surface area (Å²) in [6.45, 7) is 4.00. The predicted octanol–water partition coefficient (Wildman–Crippen LogP) is -1.17. The first-order valence-electron chi connectivity index (χ1n) is 12.2. The summed E-state index contributed by atoms with van der Waals surface area (Å²) in [5, 5.41) is 26.7. The zero-order valence-corrected chi connectivity index (χ0v) is 22.5. The van der Waals surface area contributed by atoms with Gasteiger partial charge < -0.3 is 43.4 Å². The molecule has 1 rings (SSSR count). The summed E-state index contributed by atoms with van der Waals surface area (Å²) in [6, 6.07) is 1.60. The van der Waals surface area contributed by atoms with E-state index in [1.807, 2.05) is 13.8 Å². The van der Waals surface area contributed by atoms with Crippen LogP contribution < -0.4 is 33.2 Å². The zero-order chi connectivity index (χ0) is 28.8. The largest absolute Gasteiger partial charge is 0.508 e.